The lowest BCUT2D eigenvalue weighted by molar-refractivity contribution is 0.438. The standard InChI is InChI=1S/C13H22N2.H2S/c1-3-7-12(8-4-1)14-11-15-13-9-5-2-6-10-13;/h12-13H,1-10H2;1H2. The maximum Gasteiger partial charge on any atom is 0.0898 e. The lowest BCUT2D eigenvalue weighted by Crippen LogP contribution is -2.10. The molecule has 2 aliphatic carbocycles. The molecule has 16 heavy (non-hydrogen) atoms. The topological polar surface area (TPSA) is 24.7 Å². The van der Waals surface area contributed by atoms with Crippen molar-refractivity contribution >= 4 is 19.5 Å². The minimum atomic E-state index is 0. The van der Waals surface area contributed by atoms with E-state index in [4.69, 9.17) is 0 Å². The van der Waals surface area contributed by atoms with Crippen molar-refractivity contribution in [1.29, 1.82) is 0 Å². The molecule has 0 aliphatic heterocycles. The SMILES string of the molecule is C(=NC1CCCCC1)=NC1CCCCC1.S. The van der Waals surface area contributed by atoms with Crippen LogP contribution in [0.15, 0.2) is 9.98 Å². The highest BCUT2D eigenvalue weighted by molar-refractivity contribution is 7.59. The minimum absolute atomic E-state index is 0. The van der Waals surface area contributed by atoms with Crippen LogP contribution in [-0.4, -0.2) is 18.1 Å². The van der Waals surface area contributed by atoms with Gasteiger partial charge in [0, 0.05) is 0 Å². The van der Waals surface area contributed by atoms with Crippen molar-refractivity contribution in [2.45, 2.75) is 76.3 Å². The van der Waals surface area contributed by atoms with E-state index in [-0.39, 0.29) is 13.5 Å². The third-order valence-corrected chi connectivity index (χ3v) is 3.63. The Morgan fingerprint density at radius 3 is 1.38 bits per heavy atom. The van der Waals surface area contributed by atoms with Crippen LogP contribution in [0.2, 0.25) is 0 Å². The van der Waals surface area contributed by atoms with Crippen molar-refractivity contribution in [2.75, 3.05) is 0 Å². The molecule has 3 heteroatoms. The maximum atomic E-state index is 4.46. The molecule has 0 atom stereocenters. The van der Waals surface area contributed by atoms with Crippen LogP contribution in [0.1, 0.15) is 64.2 Å². The summed E-state index contributed by atoms with van der Waals surface area (Å²) in [4.78, 5) is 8.92. The van der Waals surface area contributed by atoms with Gasteiger partial charge < -0.3 is 0 Å². The van der Waals surface area contributed by atoms with Gasteiger partial charge >= 0.3 is 0 Å². The number of aliphatic imine (C=N–C) groups is 2. The molecule has 2 rings (SSSR count). The molecule has 2 nitrogen and oxygen atoms in total. The molecule has 0 aromatic carbocycles. The zero-order valence-corrected chi connectivity index (χ0v) is 11.1. The van der Waals surface area contributed by atoms with Crippen molar-refractivity contribution < 1.29 is 0 Å². The van der Waals surface area contributed by atoms with Crippen LogP contribution in [-0.2, 0) is 0 Å². The van der Waals surface area contributed by atoms with Gasteiger partial charge in [-0.2, -0.15) is 13.5 Å². The van der Waals surface area contributed by atoms with Crippen molar-refractivity contribution in [3.05, 3.63) is 0 Å². The summed E-state index contributed by atoms with van der Waals surface area (Å²) < 4.78 is 0. The normalized spacial score (nSPS) is 23.0. The Bertz CT molecular complexity index is 212. The monoisotopic (exact) mass is 240 g/mol. The van der Waals surface area contributed by atoms with Gasteiger partial charge in [0.2, 0.25) is 0 Å². The quantitative estimate of drug-likeness (QED) is 0.653. The minimum Gasteiger partial charge on any atom is -0.222 e. The van der Waals surface area contributed by atoms with E-state index in [1.165, 1.54) is 64.2 Å². The molecule has 92 valence electrons. The number of nitrogens with zero attached hydrogens (tertiary/aromatic N) is 2. The Kier molecular flexibility index (Phi) is 6.82. The number of hydrogen-bond acceptors (Lipinski definition) is 2. The van der Waals surface area contributed by atoms with Crippen LogP contribution >= 0.6 is 13.5 Å². The molecule has 0 unspecified atom stereocenters. The summed E-state index contributed by atoms with van der Waals surface area (Å²) >= 11 is 0. The van der Waals surface area contributed by atoms with E-state index in [0.717, 1.165) is 0 Å². The zero-order valence-electron chi connectivity index (χ0n) is 10.1. The number of rotatable bonds is 2. The van der Waals surface area contributed by atoms with Gasteiger partial charge in [-0.3, -0.25) is 0 Å². The number of hydrogen-bond donors (Lipinski definition) is 0. The molecule has 0 N–H and O–H groups in total. The largest absolute Gasteiger partial charge is 0.222 e. The molecular formula is C13H24N2S. The molecule has 2 fully saturated rings. The first-order chi connectivity index (χ1) is 7.45. The molecule has 2 aliphatic rings. The fourth-order valence-electron chi connectivity index (χ4n) is 2.62. The van der Waals surface area contributed by atoms with Crippen molar-refractivity contribution in [1.82, 2.24) is 0 Å². The molecule has 0 aromatic rings. The zero-order chi connectivity index (χ0) is 10.3. The molecule has 0 heterocycles. The second-order valence-electron chi connectivity index (χ2n) is 4.94. The summed E-state index contributed by atoms with van der Waals surface area (Å²) in [7, 11) is 0. The van der Waals surface area contributed by atoms with E-state index in [1.807, 2.05) is 0 Å². The van der Waals surface area contributed by atoms with E-state index in [0.29, 0.717) is 12.1 Å². The van der Waals surface area contributed by atoms with Gasteiger partial charge in [-0.15, -0.1) is 0 Å². The van der Waals surface area contributed by atoms with Crippen LogP contribution in [0.5, 0.6) is 0 Å². The van der Waals surface area contributed by atoms with Gasteiger partial charge in [0.25, 0.3) is 0 Å². The Morgan fingerprint density at radius 1 is 0.625 bits per heavy atom. The van der Waals surface area contributed by atoms with Crippen LogP contribution in [0, 0.1) is 0 Å². The summed E-state index contributed by atoms with van der Waals surface area (Å²) in [6, 6.07) is 4.04. The average Bonchev–Trinajstić information content (AvgIpc) is 2.32. The molecule has 0 saturated heterocycles. The second-order valence-corrected chi connectivity index (χ2v) is 4.94. The van der Waals surface area contributed by atoms with Gasteiger partial charge in [0.1, 0.15) is 0 Å². The molecule has 0 bridgehead atoms. The van der Waals surface area contributed by atoms with Gasteiger partial charge in [-0.1, -0.05) is 38.5 Å². The molecule has 0 radical (unpaired) electrons. The lowest BCUT2D eigenvalue weighted by atomic mass is 9.96. The van der Waals surface area contributed by atoms with Crippen LogP contribution in [0.25, 0.3) is 0 Å². The van der Waals surface area contributed by atoms with E-state index in [9.17, 15) is 0 Å². The summed E-state index contributed by atoms with van der Waals surface area (Å²) in [6.07, 6.45) is 13.2. The van der Waals surface area contributed by atoms with Crippen LogP contribution in [0.3, 0.4) is 0 Å². The van der Waals surface area contributed by atoms with Gasteiger partial charge in [-0.05, 0) is 25.7 Å². The average molecular weight is 240 g/mol. The van der Waals surface area contributed by atoms with Gasteiger partial charge in [0.15, 0.2) is 0 Å². The predicted molar refractivity (Wildman–Crippen MR) is 74.0 cm³/mol. The summed E-state index contributed by atoms with van der Waals surface area (Å²) in [5.41, 5.74) is 0. The Labute approximate surface area is 106 Å². The van der Waals surface area contributed by atoms with Gasteiger partial charge in [0.05, 0.1) is 18.1 Å². The fourth-order valence-corrected chi connectivity index (χ4v) is 2.62. The first kappa shape index (κ1) is 13.8. The third kappa shape index (κ3) is 4.71. The first-order valence-corrected chi connectivity index (χ1v) is 6.60. The van der Waals surface area contributed by atoms with Gasteiger partial charge in [-0.25, -0.2) is 9.98 Å². The molecule has 0 spiro atoms. The summed E-state index contributed by atoms with van der Waals surface area (Å²) in [5, 5.41) is 0. The third-order valence-electron chi connectivity index (χ3n) is 3.63. The first-order valence-electron chi connectivity index (χ1n) is 6.60. The van der Waals surface area contributed by atoms with Crippen LogP contribution < -0.4 is 0 Å². The van der Waals surface area contributed by atoms with E-state index >= 15 is 0 Å². The molecular weight excluding hydrogens is 216 g/mol. The van der Waals surface area contributed by atoms with Crippen molar-refractivity contribution in [3.63, 3.8) is 0 Å². The smallest absolute Gasteiger partial charge is 0.0898 e. The molecule has 0 amide bonds. The summed E-state index contributed by atoms with van der Waals surface area (Å²) in [6.45, 7) is 0. The van der Waals surface area contributed by atoms with E-state index < -0.39 is 0 Å². The van der Waals surface area contributed by atoms with Crippen molar-refractivity contribution in [2.24, 2.45) is 9.98 Å². The second kappa shape index (κ2) is 7.92. The highest BCUT2D eigenvalue weighted by Crippen LogP contribution is 2.21. The van der Waals surface area contributed by atoms with E-state index in [1.54, 1.807) is 0 Å². The lowest BCUT2D eigenvalue weighted by Gasteiger charge is -2.17. The van der Waals surface area contributed by atoms with E-state index in [2.05, 4.69) is 16.0 Å². The van der Waals surface area contributed by atoms with Crippen molar-refractivity contribution in [3.8, 4) is 0 Å². The molecule has 2 saturated carbocycles. The Balaban J connectivity index is 0.00000128. The predicted octanol–water partition coefficient (Wildman–Crippen LogP) is 3.94. The Morgan fingerprint density at radius 2 is 1.00 bits per heavy atom. The van der Waals surface area contributed by atoms with Crippen LogP contribution in [0.4, 0.5) is 0 Å². The molecule has 0 aromatic heterocycles. The highest BCUT2D eigenvalue weighted by Gasteiger charge is 2.12. The Hall–Kier alpha value is -0.270. The fraction of sp³-hybridized carbons (Fsp3) is 0.923. The highest BCUT2D eigenvalue weighted by atomic mass is 32.1. The summed E-state index contributed by atoms with van der Waals surface area (Å²) in [5.74, 6) is 0. The maximum absolute atomic E-state index is 4.46.